The molecule has 0 bridgehead atoms. The van der Waals surface area contributed by atoms with E-state index in [0.29, 0.717) is 29.2 Å². The quantitative estimate of drug-likeness (QED) is 0.818. The number of hydrogen-bond acceptors (Lipinski definition) is 4. The molecule has 0 saturated heterocycles. The van der Waals surface area contributed by atoms with Crippen LogP contribution in [0.15, 0.2) is 4.42 Å². The van der Waals surface area contributed by atoms with Gasteiger partial charge in [-0.05, 0) is 18.1 Å². The van der Waals surface area contributed by atoms with Crippen LogP contribution in [0.2, 0.25) is 0 Å². The fourth-order valence-corrected chi connectivity index (χ4v) is 3.57. The summed E-state index contributed by atoms with van der Waals surface area (Å²) in [6.07, 6.45) is 3.36. The van der Waals surface area contributed by atoms with Gasteiger partial charge in [0.05, 0.1) is 0 Å². The molecule has 0 radical (unpaired) electrons. The molecular formula is C14H21NO2S. The monoisotopic (exact) mass is 267 g/mol. The maximum Gasteiger partial charge on any atom is 0.194 e. The lowest BCUT2D eigenvalue weighted by molar-refractivity contribution is 0.0937. The molecule has 0 aliphatic heterocycles. The summed E-state index contributed by atoms with van der Waals surface area (Å²) >= 11 is 1.96. The second-order valence-corrected chi connectivity index (χ2v) is 6.65. The third-order valence-electron chi connectivity index (χ3n) is 3.37. The van der Waals surface area contributed by atoms with Gasteiger partial charge in [0.25, 0.3) is 0 Å². The van der Waals surface area contributed by atoms with Gasteiger partial charge in [-0.1, -0.05) is 20.8 Å². The molecule has 1 aliphatic rings. The van der Waals surface area contributed by atoms with Gasteiger partial charge >= 0.3 is 0 Å². The molecule has 0 spiro atoms. The SMILES string of the molecule is CCSC(C)CC1CC(=O)c2nc(CC)oc2C1. The molecule has 1 aromatic rings. The Hall–Kier alpha value is -0.770. The van der Waals surface area contributed by atoms with E-state index in [1.165, 1.54) is 0 Å². The first-order chi connectivity index (χ1) is 8.63. The molecule has 4 heteroatoms. The average Bonchev–Trinajstić information content (AvgIpc) is 2.72. The molecule has 0 saturated carbocycles. The van der Waals surface area contributed by atoms with Crippen LogP contribution in [0.4, 0.5) is 0 Å². The Balaban J connectivity index is 2.05. The number of thioether (sulfide) groups is 1. The number of carbonyl (C=O) groups is 1. The van der Waals surface area contributed by atoms with Crippen molar-refractivity contribution in [2.24, 2.45) is 5.92 Å². The van der Waals surface area contributed by atoms with Gasteiger partial charge < -0.3 is 4.42 Å². The molecule has 0 N–H and O–H groups in total. The fraction of sp³-hybridized carbons (Fsp3) is 0.714. The highest BCUT2D eigenvalue weighted by molar-refractivity contribution is 7.99. The van der Waals surface area contributed by atoms with E-state index >= 15 is 0 Å². The highest BCUT2D eigenvalue weighted by Crippen LogP contribution is 2.31. The van der Waals surface area contributed by atoms with E-state index in [9.17, 15) is 4.79 Å². The summed E-state index contributed by atoms with van der Waals surface area (Å²) in [5, 5.41) is 0.614. The number of rotatable bonds is 5. The Kier molecular flexibility index (Phi) is 4.49. The van der Waals surface area contributed by atoms with Crippen LogP contribution in [0.3, 0.4) is 0 Å². The molecule has 2 unspecified atom stereocenters. The van der Waals surface area contributed by atoms with E-state index in [0.717, 1.165) is 30.8 Å². The van der Waals surface area contributed by atoms with Crippen LogP contribution in [0, 0.1) is 5.92 Å². The number of nitrogens with zero attached hydrogens (tertiary/aromatic N) is 1. The number of fused-ring (bicyclic) bond motifs is 1. The van der Waals surface area contributed by atoms with Crippen LogP contribution < -0.4 is 0 Å². The van der Waals surface area contributed by atoms with Gasteiger partial charge in [-0.25, -0.2) is 4.98 Å². The lowest BCUT2D eigenvalue weighted by atomic mass is 9.86. The summed E-state index contributed by atoms with van der Waals surface area (Å²) in [5.41, 5.74) is 0.596. The van der Waals surface area contributed by atoms with Gasteiger partial charge in [-0.2, -0.15) is 11.8 Å². The Morgan fingerprint density at radius 3 is 2.89 bits per heavy atom. The third-order valence-corrected chi connectivity index (χ3v) is 4.47. The minimum atomic E-state index is 0.165. The summed E-state index contributed by atoms with van der Waals surface area (Å²) in [5.74, 6) is 3.25. The second-order valence-electron chi connectivity index (χ2n) is 4.93. The molecule has 3 nitrogen and oxygen atoms in total. The van der Waals surface area contributed by atoms with Crippen LogP contribution in [0.25, 0.3) is 0 Å². The van der Waals surface area contributed by atoms with Crippen molar-refractivity contribution in [3.8, 4) is 0 Å². The predicted molar refractivity (Wildman–Crippen MR) is 74.2 cm³/mol. The van der Waals surface area contributed by atoms with E-state index in [2.05, 4.69) is 18.8 Å². The molecule has 18 heavy (non-hydrogen) atoms. The van der Waals surface area contributed by atoms with E-state index in [1.54, 1.807) is 0 Å². The van der Waals surface area contributed by atoms with E-state index in [-0.39, 0.29) is 5.78 Å². The average molecular weight is 267 g/mol. The number of ketones is 1. The Labute approximate surface area is 113 Å². The Morgan fingerprint density at radius 2 is 2.22 bits per heavy atom. The maximum absolute atomic E-state index is 12.0. The summed E-state index contributed by atoms with van der Waals surface area (Å²) in [6.45, 7) is 6.42. The zero-order valence-corrected chi connectivity index (χ0v) is 12.2. The molecule has 0 amide bonds. The number of carbonyl (C=O) groups excluding carboxylic acids is 1. The molecule has 1 heterocycles. The molecule has 1 aromatic heterocycles. The van der Waals surface area contributed by atoms with Crippen molar-refractivity contribution in [1.29, 1.82) is 0 Å². The molecule has 1 aliphatic carbocycles. The molecule has 0 aromatic carbocycles. The highest BCUT2D eigenvalue weighted by atomic mass is 32.2. The molecule has 0 fully saturated rings. The normalized spacial score (nSPS) is 20.8. The predicted octanol–water partition coefficient (Wildman–Crippen LogP) is 3.51. The van der Waals surface area contributed by atoms with Crippen LogP contribution in [-0.2, 0) is 12.8 Å². The first-order valence-corrected chi connectivity index (χ1v) is 7.82. The smallest absolute Gasteiger partial charge is 0.194 e. The molecule has 2 atom stereocenters. The summed E-state index contributed by atoms with van der Waals surface area (Å²) < 4.78 is 5.66. The zero-order chi connectivity index (χ0) is 13.1. The second kappa shape index (κ2) is 5.91. The van der Waals surface area contributed by atoms with Crippen molar-refractivity contribution >= 4 is 17.5 Å². The van der Waals surface area contributed by atoms with Crippen LogP contribution in [0.1, 0.15) is 55.8 Å². The zero-order valence-electron chi connectivity index (χ0n) is 11.4. The number of aromatic nitrogens is 1. The summed E-state index contributed by atoms with van der Waals surface area (Å²) in [4.78, 5) is 16.3. The van der Waals surface area contributed by atoms with Crippen LogP contribution in [0.5, 0.6) is 0 Å². The van der Waals surface area contributed by atoms with Crippen LogP contribution in [-0.4, -0.2) is 21.8 Å². The third kappa shape index (κ3) is 2.97. The lowest BCUT2D eigenvalue weighted by Crippen LogP contribution is -2.22. The number of Topliss-reactive ketones (excluding diaryl/α,β-unsaturated/α-hetero) is 1. The highest BCUT2D eigenvalue weighted by Gasteiger charge is 2.30. The van der Waals surface area contributed by atoms with E-state index < -0.39 is 0 Å². The van der Waals surface area contributed by atoms with Gasteiger partial charge in [0.15, 0.2) is 11.7 Å². The maximum atomic E-state index is 12.0. The van der Waals surface area contributed by atoms with Gasteiger partial charge in [0, 0.05) is 24.5 Å². The standard InChI is InChI=1S/C14H21NO2S/c1-4-13-15-14-11(16)7-10(8-12(14)17-13)6-9(3)18-5-2/h9-10H,4-8H2,1-3H3. The Bertz CT molecular complexity index is 427. The number of hydrogen-bond donors (Lipinski definition) is 0. The van der Waals surface area contributed by atoms with Crippen molar-refractivity contribution in [3.05, 3.63) is 17.3 Å². The molecule has 100 valence electrons. The summed E-state index contributed by atoms with van der Waals surface area (Å²) in [7, 11) is 0. The van der Waals surface area contributed by atoms with Crippen molar-refractivity contribution in [2.75, 3.05) is 5.75 Å². The van der Waals surface area contributed by atoms with Crippen LogP contribution >= 0.6 is 11.8 Å². The lowest BCUT2D eigenvalue weighted by Gasteiger charge is -2.22. The van der Waals surface area contributed by atoms with E-state index in [4.69, 9.17) is 4.42 Å². The van der Waals surface area contributed by atoms with Crippen molar-refractivity contribution < 1.29 is 9.21 Å². The molecule has 2 rings (SSSR count). The van der Waals surface area contributed by atoms with Gasteiger partial charge in [0.1, 0.15) is 11.5 Å². The van der Waals surface area contributed by atoms with E-state index in [1.807, 2.05) is 18.7 Å². The number of aryl methyl sites for hydroxylation is 1. The van der Waals surface area contributed by atoms with Gasteiger partial charge in [-0.15, -0.1) is 0 Å². The topological polar surface area (TPSA) is 43.1 Å². The minimum Gasteiger partial charge on any atom is -0.445 e. The summed E-state index contributed by atoms with van der Waals surface area (Å²) in [6, 6.07) is 0. The van der Waals surface area contributed by atoms with Crippen molar-refractivity contribution in [1.82, 2.24) is 4.98 Å². The first-order valence-electron chi connectivity index (χ1n) is 6.77. The number of oxazole rings is 1. The fourth-order valence-electron chi connectivity index (χ4n) is 2.59. The van der Waals surface area contributed by atoms with Crippen molar-refractivity contribution in [2.45, 2.75) is 51.7 Å². The minimum absolute atomic E-state index is 0.165. The van der Waals surface area contributed by atoms with Gasteiger partial charge in [-0.3, -0.25) is 4.79 Å². The first kappa shape index (κ1) is 13.7. The van der Waals surface area contributed by atoms with Gasteiger partial charge in [0.2, 0.25) is 0 Å². The largest absolute Gasteiger partial charge is 0.445 e. The Morgan fingerprint density at radius 1 is 1.44 bits per heavy atom. The van der Waals surface area contributed by atoms with Crippen molar-refractivity contribution in [3.63, 3.8) is 0 Å². The molecular weight excluding hydrogens is 246 g/mol.